The van der Waals surface area contributed by atoms with Gasteiger partial charge in [-0.1, -0.05) is 48.4 Å². The predicted octanol–water partition coefficient (Wildman–Crippen LogP) is 6.79. The third-order valence-corrected chi connectivity index (χ3v) is 7.27. The molecule has 7 nitrogen and oxygen atoms in total. The lowest BCUT2D eigenvalue weighted by molar-refractivity contribution is -0.137. The van der Waals surface area contributed by atoms with Crippen molar-refractivity contribution in [3.8, 4) is 11.4 Å². The fourth-order valence-corrected chi connectivity index (χ4v) is 5.03. The van der Waals surface area contributed by atoms with Crippen molar-refractivity contribution in [1.82, 2.24) is 13.9 Å². The van der Waals surface area contributed by atoms with Crippen molar-refractivity contribution in [3.63, 3.8) is 0 Å². The number of fused-ring (bicyclic) bond motifs is 1. The molecule has 1 aromatic heterocycles. The number of imidazole rings is 1. The van der Waals surface area contributed by atoms with E-state index in [4.69, 9.17) is 16.3 Å². The fraction of sp³-hybridized carbons (Fsp3) is 0.259. The summed E-state index contributed by atoms with van der Waals surface area (Å²) >= 11 is 3.10. The van der Waals surface area contributed by atoms with E-state index < -0.39 is 40.2 Å². The van der Waals surface area contributed by atoms with Gasteiger partial charge in [-0.05, 0) is 62.2 Å². The van der Waals surface area contributed by atoms with E-state index in [0.717, 1.165) is 17.2 Å². The van der Waals surface area contributed by atoms with Gasteiger partial charge in [-0.3, -0.25) is 8.78 Å². The molecule has 39 heavy (non-hydrogen) atoms. The Bertz CT molecular complexity index is 1520. The molecule has 1 amide bonds. The second-order valence-electron chi connectivity index (χ2n) is 8.98. The van der Waals surface area contributed by atoms with E-state index in [9.17, 15) is 26.7 Å². The minimum atomic E-state index is -4.60. The number of hydrogen-bond acceptors (Lipinski definition) is 5. The van der Waals surface area contributed by atoms with Crippen LogP contribution in [-0.2, 0) is 30.3 Å². The lowest BCUT2D eigenvalue weighted by Crippen LogP contribution is -2.42. The smallest absolute Gasteiger partial charge is 0.426 e. The zero-order valence-electron chi connectivity index (χ0n) is 21.2. The Morgan fingerprint density at radius 1 is 1.15 bits per heavy atom. The summed E-state index contributed by atoms with van der Waals surface area (Å²) in [5.74, 6) is 0.771. The van der Waals surface area contributed by atoms with Crippen LogP contribution in [0.2, 0.25) is 5.02 Å². The second kappa shape index (κ2) is 11.4. The monoisotopic (exact) mass is 578 g/mol. The van der Waals surface area contributed by atoms with Gasteiger partial charge >= 0.3 is 12.3 Å². The summed E-state index contributed by atoms with van der Waals surface area (Å²) in [5.41, 5.74) is 1.98. The van der Waals surface area contributed by atoms with E-state index in [1.165, 1.54) is 6.07 Å². The maximum atomic E-state index is 13.3. The number of aryl methyl sites for hydroxylation is 2. The van der Waals surface area contributed by atoms with Crippen molar-refractivity contribution in [2.24, 2.45) is 0 Å². The molecule has 0 aliphatic carbocycles. The molecule has 1 unspecified atom stereocenters. The Morgan fingerprint density at radius 2 is 1.79 bits per heavy atom. The molecule has 0 bridgehead atoms. The Hall–Kier alpha value is -3.41. The van der Waals surface area contributed by atoms with Crippen LogP contribution in [0.5, 0.6) is 5.75 Å². The average molecular weight is 579 g/mol. The molecule has 0 saturated carbocycles. The van der Waals surface area contributed by atoms with Crippen LogP contribution in [-0.4, -0.2) is 34.8 Å². The molecule has 2 atom stereocenters. The van der Waals surface area contributed by atoms with Gasteiger partial charge in [-0.2, -0.15) is 13.2 Å². The molecule has 0 N–H and O–H groups in total. The third kappa shape index (κ3) is 6.26. The molecule has 0 saturated heterocycles. The van der Waals surface area contributed by atoms with E-state index in [2.05, 4.69) is 4.98 Å². The first-order valence-corrected chi connectivity index (χ1v) is 13.3. The minimum Gasteiger partial charge on any atom is -0.755 e. The number of nitrogens with zero attached hydrogens (tertiary/aromatic N) is 3. The highest BCUT2D eigenvalue weighted by molar-refractivity contribution is 7.77. The van der Waals surface area contributed by atoms with E-state index in [-0.39, 0.29) is 17.7 Å². The minimum absolute atomic E-state index is 0.168. The fourth-order valence-electron chi connectivity index (χ4n) is 4.24. The SMILES string of the molecule is CCc1nc2cc(C(F)(F)F)c(Cl)cc2n1-c1ccc(C[C@H](C)N(C(=O)Oc2ccc(C)cc2)S(=O)[O-])cc1. The zero-order chi connectivity index (χ0) is 28.5. The number of amides is 1. The number of hydrogen-bond donors (Lipinski definition) is 0. The number of rotatable bonds is 7. The summed E-state index contributed by atoms with van der Waals surface area (Å²) in [7, 11) is 0. The van der Waals surface area contributed by atoms with Gasteiger partial charge in [0.15, 0.2) is 0 Å². The average Bonchev–Trinajstić information content (AvgIpc) is 3.22. The number of benzene rings is 3. The number of carbonyl (C=O) groups excluding carboxylic acids is 1. The van der Waals surface area contributed by atoms with E-state index in [1.807, 2.05) is 13.8 Å². The van der Waals surface area contributed by atoms with Gasteiger partial charge < -0.3 is 9.29 Å². The molecule has 0 radical (unpaired) electrons. The molecule has 4 aromatic rings. The number of halogens is 4. The number of ether oxygens (including phenoxy) is 1. The van der Waals surface area contributed by atoms with Crippen LogP contribution in [0, 0.1) is 6.92 Å². The molecule has 0 fully saturated rings. The predicted molar refractivity (Wildman–Crippen MR) is 142 cm³/mol. The molecule has 206 valence electrons. The van der Waals surface area contributed by atoms with E-state index >= 15 is 0 Å². The summed E-state index contributed by atoms with van der Waals surface area (Å²) in [4.78, 5) is 17.0. The van der Waals surface area contributed by atoms with Crippen molar-refractivity contribution in [1.29, 1.82) is 0 Å². The molecule has 0 spiro atoms. The summed E-state index contributed by atoms with van der Waals surface area (Å²) < 4.78 is 71.3. The van der Waals surface area contributed by atoms with E-state index in [1.54, 1.807) is 60.0 Å². The van der Waals surface area contributed by atoms with Crippen LogP contribution in [0.15, 0.2) is 60.7 Å². The largest absolute Gasteiger partial charge is 0.755 e. The van der Waals surface area contributed by atoms with Crippen molar-refractivity contribution >= 4 is 40.0 Å². The summed E-state index contributed by atoms with van der Waals surface area (Å²) in [5, 5.41) is -0.424. The highest BCUT2D eigenvalue weighted by Gasteiger charge is 2.34. The number of carbonyl (C=O) groups is 1. The maximum Gasteiger partial charge on any atom is 0.426 e. The first kappa shape index (κ1) is 28.6. The summed E-state index contributed by atoms with van der Waals surface area (Å²) in [6.45, 7) is 5.29. The molecule has 0 aliphatic rings. The Labute approximate surface area is 230 Å². The Kier molecular flexibility index (Phi) is 8.34. The van der Waals surface area contributed by atoms with Gasteiger partial charge in [0.2, 0.25) is 0 Å². The van der Waals surface area contributed by atoms with Gasteiger partial charge in [0.25, 0.3) is 0 Å². The van der Waals surface area contributed by atoms with Gasteiger partial charge in [0.05, 0.1) is 32.9 Å². The van der Waals surface area contributed by atoms with Gasteiger partial charge in [0.1, 0.15) is 11.6 Å². The standard InChI is InChI=1S/C27H25ClF3N3O4S/c1-4-25-32-23-14-21(27(29,30)31)22(28)15-24(23)33(25)19-9-7-18(8-10-19)13-17(3)34(39(36)37)26(35)38-20-11-5-16(2)6-12-20/h5-12,14-15,17H,4,13H2,1-3H3,(H,36,37)/p-1/t17-/m0/s1. The topological polar surface area (TPSA) is 87.5 Å². The Morgan fingerprint density at radius 3 is 2.36 bits per heavy atom. The summed E-state index contributed by atoms with van der Waals surface area (Å²) in [6.07, 6.45) is -4.97. The van der Waals surface area contributed by atoms with Crippen molar-refractivity contribution in [2.45, 2.75) is 45.8 Å². The van der Waals surface area contributed by atoms with Gasteiger partial charge in [0, 0.05) is 18.2 Å². The van der Waals surface area contributed by atoms with Crippen LogP contribution in [0.4, 0.5) is 18.0 Å². The van der Waals surface area contributed by atoms with Gasteiger partial charge in [-0.15, -0.1) is 0 Å². The van der Waals surface area contributed by atoms with Crippen LogP contribution in [0.25, 0.3) is 16.7 Å². The summed E-state index contributed by atoms with van der Waals surface area (Å²) in [6, 6.07) is 15.1. The highest BCUT2D eigenvalue weighted by Crippen LogP contribution is 2.38. The third-order valence-electron chi connectivity index (χ3n) is 6.13. The van der Waals surface area contributed by atoms with Crippen molar-refractivity contribution < 1.29 is 31.5 Å². The molecule has 1 heterocycles. The lowest BCUT2D eigenvalue weighted by atomic mass is 10.1. The molecule has 0 aliphatic heterocycles. The van der Waals surface area contributed by atoms with Crippen molar-refractivity contribution in [2.75, 3.05) is 0 Å². The molecular formula is C27H24ClF3N3O4S-. The molecule has 3 aromatic carbocycles. The van der Waals surface area contributed by atoms with Crippen LogP contribution < -0.4 is 4.74 Å². The first-order chi connectivity index (χ1) is 18.4. The highest BCUT2D eigenvalue weighted by atomic mass is 35.5. The van der Waals surface area contributed by atoms with Crippen LogP contribution >= 0.6 is 11.6 Å². The number of aromatic nitrogens is 2. The molecular weight excluding hydrogens is 555 g/mol. The molecule has 12 heteroatoms. The van der Waals surface area contributed by atoms with Crippen molar-refractivity contribution in [3.05, 3.63) is 88.2 Å². The Balaban J connectivity index is 1.57. The van der Waals surface area contributed by atoms with Crippen LogP contribution in [0.3, 0.4) is 0 Å². The van der Waals surface area contributed by atoms with E-state index in [0.29, 0.717) is 27.8 Å². The lowest BCUT2D eigenvalue weighted by Gasteiger charge is -2.29. The zero-order valence-corrected chi connectivity index (χ0v) is 22.7. The van der Waals surface area contributed by atoms with Crippen LogP contribution in [0.1, 0.15) is 36.4 Å². The first-order valence-electron chi connectivity index (χ1n) is 11.9. The second-order valence-corrected chi connectivity index (χ2v) is 10.2. The molecule has 4 rings (SSSR count). The maximum absolute atomic E-state index is 13.3. The normalized spacial score (nSPS) is 13.3. The number of alkyl halides is 3. The quantitative estimate of drug-likeness (QED) is 0.225. The van der Waals surface area contributed by atoms with Gasteiger partial charge in [-0.25, -0.2) is 14.1 Å².